The Morgan fingerprint density at radius 1 is 1.35 bits per heavy atom. The minimum absolute atomic E-state index is 0.0852. The van der Waals surface area contributed by atoms with Gasteiger partial charge in [-0.1, -0.05) is 11.6 Å². The van der Waals surface area contributed by atoms with E-state index in [1.54, 1.807) is 12.1 Å². The Labute approximate surface area is 135 Å². The first-order valence-electron chi connectivity index (χ1n) is 6.32. The number of H-pyrrole nitrogens is 1. The van der Waals surface area contributed by atoms with Gasteiger partial charge in [0.1, 0.15) is 22.5 Å². The highest BCUT2D eigenvalue weighted by Gasteiger charge is 2.19. The smallest absolute Gasteiger partial charge is 0.288 e. The molecule has 8 nitrogen and oxygen atoms in total. The zero-order valence-electron chi connectivity index (χ0n) is 11.8. The van der Waals surface area contributed by atoms with E-state index in [0.717, 1.165) is 0 Å². The van der Waals surface area contributed by atoms with Crippen molar-refractivity contribution in [1.29, 1.82) is 0 Å². The van der Waals surface area contributed by atoms with Crippen LogP contribution >= 0.6 is 11.6 Å². The number of hydrogen-bond acceptors (Lipinski definition) is 5. The maximum atomic E-state index is 12.5. The van der Waals surface area contributed by atoms with E-state index in [4.69, 9.17) is 16.3 Å². The van der Waals surface area contributed by atoms with Gasteiger partial charge < -0.3 is 4.74 Å². The van der Waals surface area contributed by atoms with Crippen LogP contribution in [0.3, 0.4) is 0 Å². The van der Waals surface area contributed by atoms with Crippen LogP contribution in [0.4, 0.5) is 5.69 Å². The predicted molar refractivity (Wildman–Crippen MR) is 84.6 cm³/mol. The van der Waals surface area contributed by atoms with Gasteiger partial charge in [-0.2, -0.15) is 5.10 Å². The Morgan fingerprint density at radius 2 is 2.13 bits per heavy atom. The van der Waals surface area contributed by atoms with Crippen molar-refractivity contribution in [3.63, 3.8) is 0 Å². The fourth-order valence-corrected chi connectivity index (χ4v) is 3.31. The van der Waals surface area contributed by atoms with E-state index in [1.165, 1.54) is 36.2 Å². The lowest BCUT2D eigenvalue weighted by Gasteiger charge is -2.11. The minimum atomic E-state index is -3.93. The molecule has 23 heavy (non-hydrogen) atoms. The number of halogens is 1. The van der Waals surface area contributed by atoms with Crippen molar-refractivity contribution >= 4 is 32.8 Å². The molecule has 0 unspecified atom stereocenters. The number of rotatable bonds is 4. The Bertz CT molecular complexity index is 1040. The standard InChI is InChI=1S/C13H11ClN4O4S/c1-22-12-3-2-8(14)4-10(12)17-23(20,21)9-5-11-13(19)16-15-7-18(11)6-9/h2-7,17H,1H3,(H,16,19). The van der Waals surface area contributed by atoms with Crippen molar-refractivity contribution in [3.8, 4) is 5.75 Å². The summed E-state index contributed by atoms with van der Waals surface area (Å²) in [5.41, 5.74) is -0.130. The number of methoxy groups -OCH3 is 1. The van der Waals surface area contributed by atoms with Crippen molar-refractivity contribution in [3.05, 3.63) is 52.2 Å². The van der Waals surface area contributed by atoms with Crippen LogP contribution in [0, 0.1) is 0 Å². The highest BCUT2D eigenvalue weighted by Crippen LogP contribution is 2.29. The Kier molecular flexibility index (Phi) is 3.74. The van der Waals surface area contributed by atoms with E-state index in [2.05, 4.69) is 14.9 Å². The van der Waals surface area contributed by atoms with E-state index >= 15 is 0 Å². The number of sulfonamides is 1. The average Bonchev–Trinajstić information content (AvgIpc) is 2.94. The van der Waals surface area contributed by atoms with Gasteiger partial charge in [-0.3, -0.25) is 13.9 Å². The monoisotopic (exact) mass is 354 g/mol. The summed E-state index contributed by atoms with van der Waals surface area (Å²) >= 11 is 5.89. The van der Waals surface area contributed by atoms with Crippen LogP contribution in [0.1, 0.15) is 0 Å². The molecule has 0 bridgehead atoms. The summed E-state index contributed by atoms with van der Waals surface area (Å²) in [6.07, 6.45) is 2.59. The van der Waals surface area contributed by atoms with Gasteiger partial charge in [-0.25, -0.2) is 13.5 Å². The number of benzene rings is 1. The first-order valence-corrected chi connectivity index (χ1v) is 8.18. The molecule has 0 aliphatic carbocycles. The molecule has 3 aromatic rings. The van der Waals surface area contributed by atoms with E-state index in [-0.39, 0.29) is 16.1 Å². The molecular formula is C13H11ClN4O4S. The maximum absolute atomic E-state index is 12.5. The van der Waals surface area contributed by atoms with Crippen LogP contribution in [0.2, 0.25) is 5.02 Å². The number of fused-ring (bicyclic) bond motifs is 1. The minimum Gasteiger partial charge on any atom is -0.495 e. The summed E-state index contributed by atoms with van der Waals surface area (Å²) < 4.78 is 33.8. The molecule has 1 aromatic carbocycles. The SMILES string of the molecule is COc1ccc(Cl)cc1NS(=O)(=O)c1cc2c(=O)[nH]ncn2c1. The van der Waals surface area contributed by atoms with Crippen molar-refractivity contribution in [2.45, 2.75) is 4.90 Å². The van der Waals surface area contributed by atoms with Crippen LogP contribution in [0.5, 0.6) is 5.75 Å². The van der Waals surface area contributed by atoms with E-state index in [0.29, 0.717) is 10.8 Å². The molecule has 0 spiro atoms. The lowest BCUT2D eigenvalue weighted by atomic mass is 10.3. The molecule has 10 heteroatoms. The van der Waals surface area contributed by atoms with E-state index in [9.17, 15) is 13.2 Å². The van der Waals surface area contributed by atoms with Crippen molar-refractivity contribution in [2.24, 2.45) is 0 Å². The first-order chi connectivity index (χ1) is 10.9. The molecule has 2 aromatic heterocycles. The lowest BCUT2D eigenvalue weighted by molar-refractivity contribution is 0.417. The third-order valence-electron chi connectivity index (χ3n) is 3.12. The van der Waals surface area contributed by atoms with Gasteiger partial charge in [0.15, 0.2) is 0 Å². The van der Waals surface area contributed by atoms with Crippen molar-refractivity contribution in [1.82, 2.24) is 14.6 Å². The molecule has 0 radical (unpaired) electrons. The number of aromatic amines is 1. The molecule has 2 heterocycles. The van der Waals surface area contributed by atoms with E-state index in [1.807, 2.05) is 0 Å². The Hall–Kier alpha value is -2.52. The number of anilines is 1. The van der Waals surface area contributed by atoms with Gasteiger partial charge in [0.05, 0.1) is 12.8 Å². The Morgan fingerprint density at radius 3 is 2.83 bits per heavy atom. The van der Waals surface area contributed by atoms with Crippen molar-refractivity contribution in [2.75, 3.05) is 11.8 Å². The molecule has 0 saturated heterocycles. The number of hydrogen-bond donors (Lipinski definition) is 2. The highest BCUT2D eigenvalue weighted by molar-refractivity contribution is 7.92. The number of ether oxygens (including phenoxy) is 1. The normalized spacial score (nSPS) is 11.6. The van der Waals surface area contributed by atoms with Gasteiger partial charge >= 0.3 is 0 Å². The van der Waals surface area contributed by atoms with Crippen LogP contribution in [-0.2, 0) is 10.0 Å². The number of aromatic nitrogens is 3. The van der Waals surface area contributed by atoms with Crippen LogP contribution in [0.25, 0.3) is 5.52 Å². The second-order valence-corrected chi connectivity index (χ2v) is 6.72. The first kappa shape index (κ1) is 15.4. The summed E-state index contributed by atoms with van der Waals surface area (Å²) in [5.74, 6) is 0.321. The van der Waals surface area contributed by atoms with Gasteiger partial charge in [0.25, 0.3) is 15.6 Å². The second kappa shape index (κ2) is 5.60. The summed E-state index contributed by atoms with van der Waals surface area (Å²) in [6.45, 7) is 0. The van der Waals surface area contributed by atoms with Crippen LogP contribution in [-0.4, -0.2) is 30.1 Å². The molecular weight excluding hydrogens is 344 g/mol. The molecule has 0 aliphatic rings. The molecule has 0 atom stereocenters. The molecule has 0 saturated carbocycles. The number of nitrogens with one attached hydrogen (secondary N) is 2. The third-order valence-corrected chi connectivity index (χ3v) is 4.69. The molecule has 0 aliphatic heterocycles. The van der Waals surface area contributed by atoms with E-state index < -0.39 is 15.6 Å². The van der Waals surface area contributed by atoms with Crippen LogP contribution in [0.15, 0.2) is 46.5 Å². The molecule has 120 valence electrons. The zero-order valence-corrected chi connectivity index (χ0v) is 13.4. The van der Waals surface area contributed by atoms with Gasteiger partial charge in [-0.05, 0) is 24.3 Å². The summed E-state index contributed by atoms with van der Waals surface area (Å²) in [5, 5.41) is 6.19. The van der Waals surface area contributed by atoms with Crippen molar-refractivity contribution < 1.29 is 13.2 Å². The summed E-state index contributed by atoms with van der Waals surface area (Å²) in [7, 11) is -2.52. The fourth-order valence-electron chi connectivity index (χ4n) is 2.05. The summed E-state index contributed by atoms with van der Waals surface area (Å²) in [6, 6.07) is 5.81. The highest BCUT2D eigenvalue weighted by atomic mass is 35.5. The maximum Gasteiger partial charge on any atom is 0.288 e. The van der Waals surface area contributed by atoms with Crippen LogP contribution < -0.4 is 15.0 Å². The number of nitrogens with zero attached hydrogens (tertiary/aromatic N) is 2. The van der Waals surface area contributed by atoms with Gasteiger partial charge in [0, 0.05) is 11.2 Å². The lowest BCUT2D eigenvalue weighted by Crippen LogP contribution is -2.13. The van der Waals surface area contributed by atoms with Gasteiger partial charge in [0.2, 0.25) is 0 Å². The summed E-state index contributed by atoms with van der Waals surface area (Å²) in [4.78, 5) is 11.5. The topological polar surface area (TPSA) is 106 Å². The fraction of sp³-hybridized carbons (Fsp3) is 0.0769. The Balaban J connectivity index is 2.06. The quantitative estimate of drug-likeness (QED) is 0.738. The molecule has 3 rings (SSSR count). The molecule has 0 fully saturated rings. The molecule has 2 N–H and O–H groups in total. The van der Waals surface area contributed by atoms with Gasteiger partial charge in [-0.15, -0.1) is 0 Å². The molecule has 0 amide bonds. The predicted octanol–water partition coefficient (Wildman–Crippen LogP) is 1.49. The zero-order chi connectivity index (χ0) is 16.6. The third kappa shape index (κ3) is 2.88. The average molecular weight is 355 g/mol. The largest absolute Gasteiger partial charge is 0.495 e. The second-order valence-electron chi connectivity index (χ2n) is 4.60.